The van der Waals surface area contributed by atoms with Crippen LogP contribution >= 0.6 is 0 Å². The van der Waals surface area contributed by atoms with Gasteiger partial charge >= 0.3 is 0 Å². The minimum absolute atomic E-state index is 0.0666. The summed E-state index contributed by atoms with van der Waals surface area (Å²) in [4.78, 5) is 11.9. The predicted molar refractivity (Wildman–Crippen MR) is 106 cm³/mol. The van der Waals surface area contributed by atoms with E-state index >= 15 is 0 Å². The zero-order valence-electron chi connectivity index (χ0n) is 15.9. The molecular formula is C17H22N6O6S. The average molecular weight is 438 g/mol. The molecular weight excluding hydrogens is 416 g/mol. The zero-order chi connectivity index (χ0) is 22.1. The van der Waals surface area contributed by atoms with E-state index in [1.807, 2.05) is 6.92 Å². The summed E-state index contributed by atoms with van der Waals surface area (Å²) in [6, 6.07) is 5.99. The monoisotopic (exact) mass is 438 g/mol. The second-order valence-corrected chi connectivity index (χ2v) is 8.07. The molecule has 30 heavy (non-hydrogen) atoms. The minimum Gasteiger partial charge on any atom is -0.387 e. The summed E-state index contributed by atoms with van der Waals surface area (Å²) in [5.41, 5.74) is 13.0. The van der Waals surface area contributed by atoms with Gasteiger partial charge in [-0.25, -0.2) is 15.0 Å². The molecule has 0 aliphatic carbocycles. The molecule has 0 saturated carbocycles. The standard InChI is InChI=1S/C10H14N6O3.C7H8O3S/c11-1-4-6(17)7(18)10(19-4)16-3-15-5-8(12)13-2-14-9(5)16;1-6-2-4-7(5-3-6)11(8,9)10/h2-4,6-7,10,17-18H,1,11H2,(H2,12,13,14);2-5H,1H3,(H,8,9,10)/t4-,6-,7-,10-;/m1./s1. The molecule has 0 spiro atoms. The number of nitrogens with two attached hydrogens (primary N) is 2. The smallest absolute Gasteiger partial charge is 0.294 e. The van der Waals surface area contributed by atoms with Crippen molar-refractivity contribution in [3.63, 3.8) is 0 Å². The Bertz CT molecular complexity index is 1120. The molecule has 13 heteroatoms. The van der Waals surface area contributed by atoms with Crippen molar-refractivity contribution in [1.82, 2.24) is 19.5 Å². The van der Waals surface area contributed by atoms with Gasteiger partial charge in [0.25, 0.3) is 10.1 Å². The summed E-state index contributed by atoms with van der Waals surface area (Å²) in [5, 5.41) is 19.8. The lowest BCUT2D eigenvalue weighted by molar-refractivity contribution is -0.0322. The Hall–Kier alpha value is -2.68. The number of anilines is 1. The Labute approximate surface area is 171 Å². The lowest BCUT2D eigenvalue weighted by Crippen LogP contribution is -2.35. The number of aryl methyl sites for hydroxylation is 1. The molecule has 1 fully saturated rings. The van der Waals surface area contributed by atoms with E-state index < -0.39 is 34.7 Å². The number of ether oxygens (including phenoxy) is 1. The third kappa shape index (κ3) is 4.40. The summed E-state index contributed by atoms with van der Waals surface area (Å²) in [5.74, 6) is 0.243. The van der Waals surface area contributed by atoms with Crippen LogP contribution < -0.4 is 11.5 Å². The first-order valence-electron chi connectivity index (χ1n) is 8.82. The molecule has 4 rings (SSSR count). The first kappa shape index (κ1) is 22.0. The number of fused-ring (bicyclic) bond motifs is 1. The van der Waals surface area contributed by atoms with Crippen LogP contribution in [-0.2, 0) is 14.9 Å². The molecule has 1 aliphatic heterocycles. The molecule has 0 radical (unpaired) electrons. The highest BCUT2D eigenvalue weighted by atomic mass is 32.2. The SMILES string of the molecule is Cc1ccc(S(=O)(=O)O)cc1.NC[C@H]1O[C@@H](n2cnc3c(N)ncnc32)[C@H](O)[C@@H]1O. The Morgan fingerprint density at radius 3 is 2.37 bits per heavy atom. The van der Waals surface area contributed by atoms with Gasteiger partial charge in [-0.1, -0.05) is 17.7 Å². The summed E-state index contributed by atoms with van der Waals surface area (Å²) in [6.45, 7) is 1.95. The van der Waals surface area contributed by atoms with Crippen molar-refractivity contribution in [3.8, 4) is 0 Å². The van der Waals surface area contributed by atoms with Gasteiger partial charge in [-0.3, -0.25) is 9.12 Å². The van der Waals surface area contributed by atoms with E-state index in [1.165, 1.54) is 29.4 Å². The highest BCUT2D eigenvalue weighted by Crippen LogP contribution is 2.31. The molecule has 1 aromatic carbocycles. The Balaban J connectivity index is 0.000000199. The fourth-order valence-electron chi connectivity index (χ4n) is 2.92. The van der Waals surface area contributed by atoms with Crippen LogP contribution in [0, 0.1) is 6.92 Å². The van der Waals surface area contributed by atoms with Gasteiger partial charge < -0.3 is 26.4 Å². The normalized spacial score (nSPS) is 23.9. The van der Waals surface area contributed by atoms with Gasteiger partial charge in [0.05, 0.1) is 11.2 Å². The van der Waals surface area contributed by atoms with Gasteiger partial charge in [-0.2, -0.15) is 8.42 Å². The van der Waals surface area contributed by atoms with Crippen LogP contribution in [0.4, 0.5) is 5.82 Å². The summed E-state index contributed by atoms with van der Waals surface area (Å²) in [7, 11) is -4.02. The highest BCUT2D eigenvalue weighted by molar-refractivity contribution is 7.85. The zero-order valence-corrected chi connectivity index (χ0v) is 16.7. The van der Waals surface area contributed by atoms with Gasteiger partial charge in [0, 0.05) is 6.54 Å². The van der Waals surface area contributed by atoms with Crippen molar-refractivity contribution >= 4 is 27.1 Å². The molecule has 7 N–H and O–H groups in total. The van der Waals surface area contributed by atoms with Gasteiger partial charge in [-0.05, 0) is 19.1 Å². The number of hydrogen-bond acceptors (Lipinski definition) is 10. The number of rotatable bonds is 3. The van der Waals surface area contributed by atoms with E-state index in [0.717, 1.165) is 5.56 Å². The molecule has 0 unspecified atom stereocenters. The second-order valence-electron chi connectivity index (χ2n) is 6.65. The third-order valence-electron chi connectivity index (χ3n) is 4.55. The van der Waals surface area contributed by atoms with Crippen LogP contribution in [0.25, 0.3) is 11.2 Å². The minimum atomic E-state index is -4.02. The summed E-state index contributed by atoms with van der Waals surface area (Å²) in [6.07, 6.45) is -0.850. The molecule has 1 saturated heterocycles. The Morgan fingerprint density at radius 1 is 1.13 bits per heavy atom. The maximum absolute atomic E-state index is 10.5. The second kappa shape index (κ2) is 8.59. The van der Waals surface area contributed by atoms with E-state index in [1.54, 1.807) is 12.1 Å². The van der Waals surface area contributed by atoms with Crippen molar-refractivity contribution in [2.45, 2.75) is 36.4 Å². The molecule has 1 aliphatic rings. The van der Waals surface area contributed by atoms with Crippen LogP contribution in [0.5, 0.6) is 0 Å². The van der Waals surface area contributed by atoms with Crippen molar-refractivity contribution in [2.24, 2.45) is 5.73 Å². The van der Waals surface area contributed by atoms with E-state index in [2.05, 4.69) is 15.0 Å². The van der Waals surface area contributed by atoms with Crippen LogP contribution in [0.3, 0.4) is 0 Å². The van der Waals surface area contributed by atoms with Gasteiger partial charge in [-0.15, -0.1) is 0 Å². The van der Waals surface area contributed by atoms with Gasteiger partial charge in [0.15, 0.2) is 17.7 Å². The number of hydrogen-bond donors (Lipinski definition) is 5. The molecule has 3 aromatic rings. The number of nitrogen functional groups attached to an aromatic ring is 1. The third-order valence-corrected chi connectivity index (χ3v) is 5.42. The highest BCUT2D eigenvalue weighted by Gasteiger charge is 2.43. The predicted octanol–water partition coefficient (Wildman–Crippen LogP) is -0.772. The molecule has 12 nitrogen and oxygen atoms in total. The summed E-state index contributed by atoms with van der Waals surface area (Å²) >= 11 is 0. The Kier molecular flexibility index (Phi) is 6.30. The van der Waals surface area contributed by atoms with Gasteiger partial charge in [0.1, 0.15) is 30.2 Å². The van der Waals surface area contributed by atoms with E-state index in [4.69, 9.17) is 20.8 Å². The lowest BCUT2D eigenvalue weighted by atomic mass is 10.1. The number of imidazole rings is 1. The summed E-state index contributed by atoms with van der Waals surface area (Å²) < 4.78 is 36.6. The van der Waals surface area contributed by atoms with Crippen LogP contribution in [0.15, 0.2) is 41.8 Å². The average Bonchev–Trinajstić information content (AvgIpc) is 3.24. The van der Waals surface area contributed by atoms with E-state index in [0.29, 0.717) is 11.2 Å². The molecule has 3 heterocycles. The van der Waals surface area contributed by atoms with Crippen LogP contribution in [-0.4, -0.2) is 67.6 Å². The lowest BCUT2D eigenvalue weighted by Gasteiger charge is -2.16. The van der Waals surface area contributed by atoms with Crippen molar-refractivity contribution < 1.29 is 27.9 Å². The molecule has 4 atom stereocenters. The van der Waals surface area contributed by atoms with Crippen LogP contribution in [0.1, 0.15) is 11.8 Å². The first-order valence-corrected chi connectivity index (χ1v) is 10.3. The topological polar surface area (TPSA) is 200 Å². The quantitative estimate of drug-likeness (QED) is 0.321. The van der Waals surface area contributed by atoms with Crippen LogP contribution in [0.2, 0.25) is 0 Å². The number of aliphatic hydroxyl groups is 2. The maximum Gasteiger partial charge on any atom is 0.294 e. The number of aliphatic hydroxyl groups excluding tert-OH is 2. The maximum atomic E-state index is 10.5. The fourth-order valence-corrected chi connectivity index (χ4v) is 3.40. The molecule has 162 valence electrons. The van der Waals surface area contributed by atoms with Crippen molar-refractivity contribution in [2.75, 3.05) is 12.3 Å². The number of aromatic nitrogens is 4. The molecule has 2 aromatic heterocycles. The molecule has 0 bridgehead atoms. The Morgan fingerprint density at radius 2 is 1.80 bits per heavy atom. The number of benzene rings is 1. The first-order chi connectivity index (χ1) is 14.1. The van der Waals surface area contributed by atoms with Crippen molar-refractivity contribution in [1.29, 1.82) is 0 Å². The molecule has 0 amide bonds. The van der Waals surface area contributed by atoms with E-state index in [9.17, 15) is 18.6 Å². The number of nitrogens with zero attached hydrogens (tertiary/aromatic N) is 4. The van der Waals surface area contributed by atoms with Gasteiger partial charge in [0.2, 0.25) is 0 Å². The van der Waals surface area contributed by atoms with Crippen molar-refractivity contribution in [3.05, 3.63) is 42.5 Å². The van der Waals surface area contributed by atoms with E-state index in [-0.39, 0.29) is 17.3 Å². The fraction of sp³-hybridized carbons (Fsp3) is 0.353. The largest absolute Gasteiger partial charge is 0.387 e.